The zero-order valence-corrected chi connectivity index (χ0v) is 8.55. The van der Waals surface area contributed by atoms with E-state index in [1.165, 1.54) is 6.07 Å². The van der Waals surface area contributed by atoms with Crippen molar-refractivity contribution in [1.29, 1.82) is 0 Å². The average molecular weight is 197 g/mol. The van der Waals surface area contributed by atoms with Gasteiger partial charge < -0.3 is 10.4 Å². The van der Waals surface area contributed by atoms with Crippen LogP contribution in [0, 0.1) is 5.82 Å². The van der Waals surface area contributed by atoms with E-state index in [0.717, 1.165) is 5.56 Å². The topological polar surface area (TPSA) is 32.3 Å². The van der Waals surface area contributed by atoms with Crippen LogP contribution in [-0.4, -0.2) is 18.7 Å². The maximum atomic E-state index is 13.1. The lowest BCUT2D eigenvalue weighted by molar-refractivity contribution is 0.177. The summed E-state index contributed by atoms with van der Waals surface area (Å²) in [5.41, 5.74) is 1.41. The molecule has 14 heavy (non-hydrogen) atoms. The molecule has 0 aliphatic carbocycles. The van der Waals surface area contributed by atoms with Crippen molar-refractivity contribution >= 4 is 0 Å². The van der Waals surface area contributed by atoms with Crippen LogP contribution < -0.4 is 5.32 Å². The fraction of sp³-hybridized carbons (Fsp3) is 0.455. The van der Waals surface area contributed by atoms with Crippen molar-refractivity contribution in [3.8, 4) is 0 Å². The number of hydrogen-bond acceptors (Lipinski definition) is 2. The number of aliphatic hydroxyl groups excluding tert-OH is 1. The first-order chi connectivity index (χ1) is 6.69. The molecule has 0 heterocycles. The van der Waals surface area contributed by atoms with Crippen LogP contribution in [0.25, 0.3) is 0 Å². The van der Waals surface area contributed by atoms with Crippen molar-refractivity contribution in [2.24, 2.45) is 0 Å². The van der Waals surface area contributed by atoms with Crippen molar-refractivity contribution < 1.29 is 9.50 Å². The summed E-state index contributed by atoms with van der Waals surface area (Å²) < 4.78 is 13.1. The Morgan fingerprint density at radius 3 is 2.79 bits per heavy atom. The van der Waals surface area contributed by atoms with Gasteiger partial charge in [0, 0.05) is 6.54 Å². The Morgan fingerprint density at radius 2 is 2.21 bits per heavy atom. The summed E-state index contributed by atoms with van der Waals surface area (Å²) in [6.07, 6.45) is 0.0808. The van der Waals surface area contributed by atoms with Gasteiger partial charge in [0.2, 0.25) is 0 Å². The molecular weight excluding hydrogens is 181 g/mol. The van der Waals surface area contributed by atoms with Crippen molar-refractivity contribution in [1.82, 2.24) is 5.32 Å². The molecule has 0 aliphatic heterocycles. The molecule has 1 aromatic carbocycles. The summed E-state index contributed by atoms with van der Waals surface area (Å²) in [7, 11) is 1.77. The Bertz CT molecular complexity index is 301. The second-order valence-corrected chi connectivity index (χ2v) is 3.28. The third-order valence-corrected chi connectivity index (χ3v) is 2.23. The van der Waals surface area contributed by atoms with Crippen LogP contribution in [-0.2, 0) is 6.42 Å². The van der Waals surface area contributed by atoms with Gasteiger partial charge in [0.15, 0.2) is 0 Å². The molecule has 0 aromatic heterocycles. The highest BCUT2D eigenvalue weighted by Crippen LogP contribution is 2.17. The second-order valence-electron chi connectivity index (χ2n) is 3.28. The molecule has 2 N–H and O–H groups in total. The maximum Gasteiger partial charge on any atom is 0.126 e. The number of hydrogen-bond donors (Lipinski definition) is 2. The summed E-state index contributed by atoms with van der Waals surface area (Å²) in [6, 6.07) is 4.75. The van der Waals surface area contributed by atoms with Gasteiger partial charge >= 0.3 is 0 Å². The van der Waals surface area contributed by atoms with E-state index in [9.17, 15) is 9.50 Å². The minimum atomic E-state index is -0.564. The number of halogens is 1. The minimum absolute atomic E-state index is 0.201. The molecule has 0 amide bonds. The molecular formula is C11H16FNO. The Balaban J connectivity index is 2.88. The Kier molecular flexibility index (Phi) is 4.04. The number of rotatable bonds is 4. The monoisotopic (exact) mass is 197 g/mol. The van der Waals surface area contributed by atoms with Crippen molar-refractivity contribution in [2.45, 2.75) is 19.4 Å². The fourth-order valence-corrected chi connectivity index (χ4v) is 1.38. The Hall–Kier alpha value is -0.930. The smallest absolute Gasteiger partial charge is 0.126 e. The van der Waals surface area contributed by atoms with E-state index in [4.69, 9.17) is 0 Å². The van der Waals surface area contributed by atoms with Crippen molar-refractivity contribution in [3.63, 3.8) is 0 Å². The van der Waals surface area contributed by atoms with Gasteiger partial charge in [0.05, 0.1) is 6.10 Å². The van der Waals surface area contributed by atoms with Gasteiger partial charge in [0.25, 0.3) is 0 Å². The van der Waals surface area contributed by atoms with Gasteiger partial charge in [0.1, 0.15) is 5.82 Å². The predicted molar refractivity (Wildman–Crippen MR) is 54.7 cm³/mol. The zero-order chi connectivity index (χ0) is 10.6. The van der Waals surface area contributed by atoms with Gasteiger partial charge in [-0.15, -0.1) is 0 Å². The normalized spacial score (nSPS) is 12.9. The van der Waals surface area contributed by atoms with Gasteiger partial charge in [-0.3, -0.25) is 0 Å². The number of likely N-dealkylation sites (N-methyl/N-ethyl adjacent to an activating group) is 1. The summed E-state index contributed by atoms with van der Waals surface area (Å²) in [5.74, 6) is -0.201. The van der Waals surface area contributed by atoms with E-state index in [2.05, 4.69) is 5.32 Å². The molecule has 78 valence electrons. The van der Waals surface area contributed by atoms with Crippen molar-refractivity contribution in [3.05, 3.63) is 35.1 Å². The first kappa shape index (κ1) is 11.1. The van der Waals surface area contributed by atoms with Crippen molar-refractivity contribution in [2.75, 3.05) is 13.6 Å². The van der Waals surface area contributed by atoms with E-state index >= 15 is 0 Å². The Labute approximate surface area is 83.8 Å². The van der Waals surface area contributed by atoms with Crippen LogP contribution in [0.3, 0.4) is 0 Å². The molecule has 0 fully saturated rings. The molecule has 0 aliphatic rings. The standard InChI is InChI=1S/C11H16FNO/c1-3-8-6-9(4-5-10(8)12)11(14)7-13-2/h4-6,11,13-14H,3,7H2,1-2H3. The fourth-order valence-electron chi connectivity index (χ4n) is 1.38. The van der Waals surface area contributed by atoms with Crippen LogP contribution in [0.15, 0.2) is 18.2 Å². The van der Waals surface area contributed by atoms with Crippen LogP contribution in [0.2, 0.25) is 0 Å². The first-order valence-corrected chi connectivity index (χ1v) is 4.80. The van der Waals surface area contributed by atoms with Crippen LogP contribution >= 0.6 is 0 Å². The Morgan fingerprint density at radius 1 is 1.50 bits per heavy atom. The van der Waals surface area contributed by atoms with Gasteiger partial charge in [-0.25, -0.2) is 4.39 Å². The third kappa shape index (κ3) is 2.53. The summed E-state index contributed by atoms with van der Waals surface area (Å²) >= 11 is 0. The molecule has 0 radical (unpaired) electrons. The third-order valence-electron chi connectivity index (χ3n) is 2.23. The number of aliphatic hydroxyl groups is 1. The summed E-state index contributed by atoms with van der Waals surface area (Å²) in [6.45, 7) is 2.38. The highest BCUT2D eigenvalue weighted by atomic mass is 19.1. The molecule has 1 aromatic rings. The molecule has 3 heteroatoms. The van der Waals surface area contributed by atoms with E-state index in [0.29, 0.717) is 18.5 Å². The zero-order valence-electron chi connectivity index (χ0n) is 8.55. The maximum absolute atomic E-state index is 13.1. The van der Waals surface area contributed by atoms with E-state index < -0.39 is 6.10 Å². The molecule has 1 rings (SSSR count). The molecule has 0 spiro atoms. The molecule has 0 saturated carbocycles. The second kappa shape index (κ2) is 5.08. The SMILES string of the molecule is CCc1cc(C(O)CNC)ccc1F. The van der Waals surface area contributed by atoms with Crippen LogP contribution in [0.4, 0.5) is 4.39 Å². The first-order valence-electron chi connectivity index (χ1n) is 4.80. The van der Waals surface area contributed by atoms with Crippen LogP contribution in [0.1, 0.15) is 24.2 Å². The molecule has 2 nitrogen and oxygen atoms in total. The molecule has 0 bridgehead atoms. The highest BCUT2D eigenvalue weighted by Gasteiger charge is 2.08. The van der Waals surface area contributed by atoms with Crippen LogP contribution in [0.5, 0.6) is 0 Å². The molecule has 0 saturated heterocycles. The lowest BCUT2D eigenvalue weighted by Crippen LogP contribution is -2.16. The van der Waals surface area contributed by atoms with E-state index in [1.807, 2.05) is 6.92 Å². The van der Waals surface area contributed by atoms with Gasteiger partial charge in [-0.1, -0.05) is 19.1 Å². The summed E-state index contributed by atoms with van der Waals surface area (Å²) in [5, 5.41) is 12.5. The largest absolute Gasteiger partial charge is 0.387 e. The lowest BCUT2D eigenvalue weighted by Gasteiger charge is -2.11. The van der Waals surface area contributed by atoms with Gasteiger partial charge in [-0.05, 0) is 30.7 Å². The van der Waals surface area contributed by atoms with E-state index in [-0.39, 0.29) is 5.82 Å². The average Bonchev–Trinajstić information content (AvgIpc) is 2.19. The molecule has 1 atom stereocenters. The summed E-state index contributed by atoms with van der Waals surface area (Å²) in [4.78, 5) is 0. The highest BCUT2D eigenvalue weighted by molar-refractivity contribution is 5.26. The predicted octanol–water partition coefficient (Wildman–Crippen LogP) is 1.64. The molecule has 1 unspecified atom stereocenters. The van der Waals surface area contributed by atoms with Gasteiger partial charge in [-0.2, -0.15) is 0 Å². The quantitative estimate of drug-likeness (QED) is 0.769. The van der Waals surface area contributed by atoms with E-state index in [1.54, 1.807) is 19.2 Å². The number of aryl methyl sites for hydroxylation is 1. The minimum Gasteiger partial charge on any atom is -0.387 e. The lowest BCUT2D eigenvalue weighted by atomic mass is 10.0. The number of nitrogens with one attached hydrogen (secondary N) is 1. The number of benzene rings is 1.